The summed E-state index contributed by atoms with van der Waals surface area (Å²) in [7, 11) is 3.27. The number of aryl methyl sites for hydroxylation is 1. The number of fused-ring (bicyclic) bond motifs is 1. The molecule has 1 fully saturated rings. The van der Waals surface area contributed by atoms with Gasteiger partial charge in [0, 0.05) is 29.1 Å². The van der Waals surface area contributed by atoms with E-state index in [2.05, 4.69) is 39.8 Å². The minimum absolute atomic E-state index is 0.0620. The van der Waals surface area contributed by atoms with Crippen molar-refractivity contribution in [1.29, 1.82) is 0 Å². The number of carbonyl (C=O) groups is 1. The van der Waals surface area contributed by atoms with Gasteiger partial charge in [0.05, 0.1) is 38.4 Å². The van der Waals surface area contributed by atoms with Gasteiger partial charge >= 0.3 is 0 Å². The number of hydrogen-bond donors (Lipinski definition) is 3. The van der Waals surface area contributed by atoms with E-state index in [0.29, 0.717) is 10.8 Å². The third kappa shape index (κ3) is 4.35. The van der Waals surface area contributed by atoms with Crippen molar-refractivity contribution >= 4 is 28.4 Å². The van der Waals surface area contributed by atoms with Crippen LogP contribution in [0.1, 0.15) is 30.6 Å². The van der Waals surface area contributed by atoms with Crippen molar-refractivity contribution in [2.75, 3.05) is 14.2 Å². The maximum atomic E-state index is 12.6. The first-order chi connectivity index (χ1) is 15.0. The van der Waals surface area contributed by atoms with Crippen LogP contribution in [-0.4, -0.2) is 30.9 Å². The van der Waals surface area contributed by atoms with Crippen LogP contribution in [0, 0.1) is 0 Å². The number of hydrazine groups is 1. The Balaban J connectivity index is 1.44. The summed E-state index contributed by atoms with van der Waals surface area (Å²) >= 11 is 6.27. The van der Waals surface area contributed by atoms with Crippen molar-refractivity contribution in [2.24, 2.45) is 0 Å². The average Bonchev–Trinajstić information content (AvgIpc) is 3.38. The zero-order valence-electron chi connectivity index (χ0n) is 17.9. The molecule has 0 spiro atoms. The quantitative estimate of drug-likeness (QED) is 0.521. The summed E-state index contributed by atoms with van der Waals surface area (Å²) in [6.45, 7) is 2.97. The summed E-state index contributed by atoms with van der Waals surface area (Å²) in [5, 5.41) is 4.65. The monoisotopic (exact) mass is 442 g/mol. The lowest BCUT2D eigenvalue weighted by Gasteiger charge is -2.14. The fourth-order valence-corrected chi connectivity index (χ4v) is 4.40. The number of nitrogens with one attached hydrogen (secondary N) is 3. The van der Waals surface area contributed by atoms with Crippen molar-refractivity contribution in [3.8, 4) is 11.5 Å². The van der Waals surface area contributed by atoms with Crippen molar-refractivity contribution in [3.63, 3.8) is 0 Å². The fourth-order valence-electron chi connectivity index (χ4n) is 4.16. The maximum absolute atomic E-state index is 12.6. The SMILES string of the molecule is CCn1c(C2CC(NC(=O)Cc3ccc(OC)cc3Cl)NN2)cc2c(OC)cccc21. The Hall–Kier alpha value is -2.74. The molecule has 2 heterocycles. The van der Waals surface area contributed by atoms with E-state index in [1.165, 1.54) is 0 Å². The normalized spacial score (nSPS) is 18.3. The molecule has 3 aromatic rings. The van der Waals surface area contributed by atoms with Crippen LogP contribution in [0.5, 0.6) is 11.5 Å². The van der Waals surface area contributed by atoms with E-state index >= 15 is 0 Å². The molecule has 2 atom stereocenters. The Morgan fingerprint density at radius 1 is 1.19 bits per heavy atom. The standard InChI is InChI=1S/C23H27ClN4O3/c1-4-28-19-6-5-7-21(31-3)16(19)12-20(28)18-13-22(27-26-18)25-23(29)10-14-8-9-15(30-2)11-17(14)24/h5-9,11-12,18,22,26-27H,4,10,13H2,1-3H3,(H,25,29). The molecule has 1 aliphatic rings. The Labute approximate surface area is 186 Å². The number of ether oxygens (including phenoxy) is 2. The molecular weight excluding hydrogens is 416 g/mol. The van der Waals surface area contributed by atoms with Crippen LogP contribution in [0.15, 0.2) is 42.5 Å². The number of rotatable bonds is 7. The van der Waals surface area contributed by atoms with Gasteiger partial charge in [0.15, 0.2) is 0 Å². The molecule has 2 unspecified atom stereocenters. The maximum Gasteiger partial charge on any atom is 0.225 e. The van der Waals surface area contributed by atoms with Crippen LogP contribution < -0.4 is 25.6 Å². The van der Waals surface area contributed by atoms with E-state index in [4.69, 9.17) is 21.1 Å². The van der Waals surface area contributed by atoms with Crippen LogP contribution in [0.2, 0.25) is 5.02 Å². The molecule has 31 heavy (non-hydrogen) atoms. The minimum atomic E-state index is -0.181. The van der Waals surface area contributed by atoms with Gasteiger partial charge in [-0.3, -0.25) is 4.79 Å². The third-order valence-electron chi connectivity index (χ3n) is 5.68. The number of hydrogen-bond acceptors (Lipinski definition) is 5. The average molecular weight is 443 g/mol. The Kier molecular flexibility index (Phi) is 6.36. The molecule has 1 saturated heterocycles. The Morgan fingerprint density at radius 3 is 2.74 bits per heavy atom. The van der Waals surface area contributed by atoms with Crippen LogP contribution in [0.25, 0.3) is 10.9 Å². The van der Waals surface area contributed by atoms with Crippen molar-refractivity contribution < 1.29 is 14.3 Å². The van der Waals surface area contributed by atoms with Crippen LogP contribution in [0.4, 0.5) is 0 Å². The minimum Gasteiger partial charge on any atom is -0.497 e. The first-order valence-electron chi connectivity index (χ1n) is 10.3. The zero-order chi connectivity index (χ0) is 22.0. The van der Waals surface area contributed by atoms with E-state index in [1.54, 1.807) is 26.4 Å². The molecule has 0 bridgehead atoms. The lowest BCUT2D eigenvalue weighted by Crippen LogP contribution is -2.44. The van der Waals surface area contributed by atoms with E-state index in [-0.39, 0.29) is 24.5 Å². The lowest BCUT2D eigenvalue weighted by molar-refractivity contribution is -0.121. The van der Waals surface area contributed by atoms with Gasteiger partial charge in [0.1, 0.15) is 11.5 Å². The molecular formula is C23H27ClN4O3. The summed E-state index contributed by atoms with van der Waals surface area (Å²) in [5.74, 6) is 1.43. The molecule has 4 rings (SSSR count). The molecule has 0 radical (unpaired) electrons. The second kappa shape index (κ2) is 9.18. The van der Waals surface area contributed by atoms with Gasteiger partial charge in [-0.1, -0.05) is 23.7 Å². The van der Waals surface area contributed by atoms with E-state index < -0.39 is 0 Å². The molecule has 7 nitrogen and oxygen atoms in total. The highest BCUT2D eigenvalue weighted by molar-refractivity contribution is 6.31. The summed E-state index contributed by atoms with van der Waals surface area (Å²) in [5.41, 5.74) is 9.58. The number of halogens is 1. The molecule has 1 aliphatic heterocycles. The summed E-state index contributed by atoms with van der Waals surface area (Å²) in [6.07, 6.45) is 0.749. The van der Waals surface area contributed by atoms with Crippen LogP contribution in [-0.2, 0) is 17.8 Å². The second-order valence-corrected chi connectivity index (χ2v) is 7.94. The largest absolute Gasteiger partial charge is 0.497 e. The molecule has 164 valence electrons. The molecule has 8 heteroatoms. The van der Waals surface area contributed by atoms with Gasteiger partial charge in [-0.15, -0.1) is 0 Å². The van der Waals surface area contributed by atoms with Gasteiger partial charge in [0.25, 0.3) is 0 Å². The smallest absolute Gasteiger partial charge is 0.225 e. The number of methoxy groups -OCH3 is 2. The molecule has 0 aliphatic carbocycles. The van der Waals surface area contributed by atoms with Gasteiger partial charge in [-0.25, -0.2) is 10.9 Å². The highest BCUT2D eigenvalue weighted by Gasteiger charge is 2.29. The third-order valence-corrected chi connectivity index (χ3v) is 6.03. The second-order valence-electron chi connectivity index (χ2n) is 7.54. The molecule has 1 aromatic heterocycles. The molecule has 1 amide bonds. The first-order valence-corrected chi connectivity index (χ1v) is 10.7. The number of carbonyl (C=O) groups excluding carboxylic acids is 1. The highest BCUT2D eigenvalue weighted by atomic mass is 35.5. The summed E-state index contributed by atoms with van der Waals surface area (Å²) < 4.78 is 13.0. The fraction of sp³-hybridized carbons (Fsp3) is 0.348. The number of benzene rings is 2. The van der Waals surface area contributed by atoms with Crippen LogP contribution in [0.3, 0.4) is 0 Å². The van der Waals surface area contributed by atoms with Gasteiger partial charge in [-0.05, 0) is 42.8 Å². The first kappa shape index (κ1) is 21.5. The Morgan fingerprint density at radius 2 is 2.03 bits per heavy atom. The number of nitrogens with zero attached hydrogens (tertiary/aromatic N) is 1. The van der Waals surface area contributed by atoms with Crippen molar-refractivity contribution in [2.45, 2.75) is 38.5 Å². The summed E-state index contributed by atoms with van der Waals surface area (Å²) in [6, 6.07) is 13.6. The number of amides is 1. The molecule has 3 N–H and O–H groups in total. The van der Waals surface area contributed by atoms with E-state index in [1.807, 2.05) is 18.2 Å². The predicted octanol–water partition coefficient (Wildman–Crippen LogP) is 3.56. The lowest BCUT2D eigenvalue weighted by atomic mass is 10.1. The van der Waals surface area contributed by atoms with E-state index in [0.717, 1.165) is 40.9 Å². The van der Waals surface area contributed by atoms with Crippen molar-refractivity contribution in [3.05, 3.63) is 58.7 Å². The van der Waals surface area contributed by atoms with Gasteiger partial charge in [0.2, 0.25) is 5.91 Å². The predicted molar refractivity (Wildman–Crippen MR) is 121 cm³/mol. The Bertz CT molecular complexity index is 1100. The van der Waals surface area contributed by atoms with Crippen LogP contribution >= 0.6 is 11.6 Å². The summed E-state index contributed by atoms with van der Waals surface area (Å²) in [4.78, 5) is 12.6. The van der Waals surface area contributed by atoms with Gasteiger partial charge in [-0.2, -0.15) is 0 Å². The number of aromatic nitrogens is 1. The zero-order valence-corrected chi connectivity index (χ0v) is 18.6. The van der Waals surface area contributed by atoms with Crippen molar-refractivity contribution in [1.82, 2.24) is 20.7 Å². The van der Waals surface area contributed by atoms with E-state index in [9.17, 15) is 4.79 Å². The highest BCUT2D eigenvalue weighted by Crippen LogP contribution is 2.33. The molecule has 2 aromatic carbocycles. The van der Waals surface area contributed by atoms with Gasteiger partial charge < -0.3 is 19.4 Å². The topological polar surface area (TPSA) is 76.6 Å². The molecule has 0 saturated carbocycles.